The lowest BCUT2D eigenvalue weighted by atomic mass is 10.1. The van der Waals surface area contributed by atoms with Gasteiger partial charge in [0.1, 0.15) is 6.04 Å². The first-order valence-corrected chi connectivity index (χ1v) is 6.42. The van der Waals surface area contributed by atoms with E-state index in [9.17, 15) is 24.0 Å². The van der Waals surface area contributed by atoms with Crippen molar-refractivity contribution in [2.24, 2.45) is 0 Å². The molecule has 1 heterocycles. The quantitative estimate of drug-likeness (QED) is 0.405. The summed E-state index contributed by atoms with van der Waals surface area (Å²) in [4.78, 5) is 55.5. The number of amides is 1. The van der Waals surface area contributed by atoms with Crippen molar-refractivity contribution in [2.75, 3.05) is 0 Å². The van der Waals surface area contributed by atoms with Gasteiger partial charge in [-0.2, -0.15) is 0 Å². The van der Waals surface area contributed by atoms with Crippen molar-refractivity contribution in [3.8, 4) is 0 Å². The van der Waals surface area contributed by atoms with Gasteiger partial charge < -0.3 is 20.3 Å². The fraction of sp³-hybridized carbons (Fsp3) is 0.462. The zero-order valence-electron chi connectivity index (χ0n) is 11.7. The molecule has 0 spiro atoms. The van der Waals surface area contributed by atoms with Crippen LogP contribution in [0.5, 0.6) is 0 Å². The molecule has 1 aliphatic rings. The highest BCUT2D eigenvalue weighted by atomic mass is 16.6. The second kappa shape index (κ2) is 7.34. The lowest BCUT2D eigenvalue weighted by molar-refractivity contribution is -0.151. The Labute approximate surface area is 124 Å². The van der Waals surface area contributed by atoms with Crippen LogP contribution < -0.4 is 5.32 Å². The van der Waals surface area contributed by atoms with E-state index in [1.807, 2.05) is 0 Å². The van der Waals surface area contributed by atoms with Crippen LogP contribution in [-0.4, -0.2) is 46.0 Å². The molecule has 0 aromatic heterocycles. The smallest absolute Gasteiger partial charge is 0.342 e. The number of carbonyl (C=O) groups is 5. The number of cyclic esters (lactones) is 2. The van der Waals surface area contributed by atoms with Gasteiger partial charge >= 0.3 is 23.9 Å². The number of carbonyl (C=O) groups excluding carboxylic acids is 3. The van der Waals surface area contributed by atoms with Crippen molar-refractivity contribution < 1.29 is 38.9 Å². The Hall–Kier alpha value is -2.71. The normalized spacial score (nSPS) is 15.5. The van der Waals surface area contributed by atoms with Gasteiger partial charge in [0.25, 0.3) is 0 Å². The Balaban J connectivity index is 2.54. The second-order valence-corrected chi connectivity index (χ2v) is 4.67. The molecule has 0 saturated carbocycles. The summed E-state index contributed by atoms with van der Waals surface area (Å²) >= 11 is 0. The monoisotopic (exact) mass is 313 g/mol. The van der Waals surface area contributed by atoms with E-state index in [1.54, 1.807) is 0 Å². The number of carboxylic acid groups (broad SMARTS) is 2. The maximum absolute atomic E-state index is 11.7. The molecule has 1 rings (SSSR count). The van der Waals surface area contributed by atoms with E-state index in [4.69, 9.17) is 10.2 Å². The third-order valence-corrected chi connectivity index (χ3v) is 3.07. The molecule has 120 valence electrons. The maximum atomic E-state index is 11.7. The van der Waals surface area contributed by atoms with Crippen LogP contribution in [0.1, 0.15) is 32.6 Å². The Morgan fingerprint density at radius 1 is 1.14 bits per heavy atom. The number of rotatable bonds is 8. The van der Waals surface area contributed by atoms with E-state index < -0.39 is 42.2 Å². The number of carboxylic acids is 2. The molecule has 0 bridgehead atoms. The van der Waals surface area contributed by atoms with Gasteiger partial charge in [-0.1, -0.05) is 0 Å². The van der Waals surface area contributed by atoms with Crippen molar-refractivity contribution in [1.29, 1.82) is 0 Å². The van der Waals surface area contributed by atoms with Crippen molar-refractivity contribution in [3.63, 3.8) is 0 Å². The first-order chi connectivity index (χ1) is 10.2. The first kappa shape index (κ1) is 17.3. The summed E-state index contributed by atoms with van der Waals surface area (Å²) in [6.07, 6.45) is -0.930. The van der Waals surface area contributed by atoms with E-state index in [0.717, 1.165) is 0 Å². The van der Waals surface area contributed by atoms with Crippen molar-refractivity contribution in [1.82, 2.24) is 5.32 Å². The predicted octanol–water partition coefficient (Wildman–Crippen LogP) is -0.399. The fourth-order valence-corrected chi connectivity index (χ4v) is 1.82. The molecule has 0 aromatic rings. The number of hydrogen-bond acceptors (Lipinski definition) is 6. The molecular formula is C13H15NO8. The molecule has 0 radical (unpaired) electrons. The fourth-order valence-electron chi connectivity index (χ4n) is 1.82. The second-order valence-electron chi connectivity index (χ2n) is 4.67. The Morgan fingerprint density at radius 2 is 1.77 bits per heavy atom. The number of hydrogen-bond donors (Lipinski definition) is 3. The van der Waals surface area contributed by atoms with Crippen LogP contribution in [0.3, 0.4) is 0 Å². The summed E-state index contributed by atoms with van der Waals surface area (Å²) in [5.74, 6) is -4.75. The van der Waals surface area contributed by atoms with Gasteiger partial charge in [-0.05, 0) is 19.8 Å². The molecule has 9 nitrogen and oxygen atoms in total. The average Bonchev–Trinajstić information content (AvgIpc) is 2.65. The molecule has 1 unspecified atom stereocenters. The predicted molar refractivity (Wildman–Crippen MR) is 69.5 cm³/mol. The Morgan fingerprint density at radius 3 is 2.23 bits per heavy atom. The highest BCUT2D eigenvalue weighted by molar-refractivity contribution is 6.12. The molecule has 0 aromatic carbocycles. The van der Waals surface area contributed by atoms with E-state index in [1.165, 1.54) is 6.92 Å². The van der Waals surface area contributed by atoms with Gasteiger partial charge in [-0.25, -0.2) is 14.4 Å². The Kier molecular flexibility index (Phi) is 5.79. The zero-order valence-corrected chi connectivity index (χ0v) is 11.7. The van der Waals surface area contributed by atoms with Crippen LogP contribution >= 0.6 is 0 Å². The summed E-state index contributed by atoms with van der Waals surface area (Å²) in [6.45, 7) is 1.40. The number of aliphatic carboxylic acids is 2. The maximum Gasteiger partial charge on any atom is 0.342 e. The molecule has 0 fully saturated rings. The van der Waals surface area contributed by atoms with Crippen LogP contribution in [0.2, 0.25) is 0 Å². The minimum absolute atomic E-state index is 0.0620. The van der Waals surface area contributed by atoms with Crippen molar-refractivity contribution >= 4 is 29.8 Å². The van der Waals surface area contributed by atoms with E-state index in [0.29, 0.717) is 0 Å². The van der Waals surface area contributed by atoms with Gasteiger partial charge in [-0.3, -0.25) is 9.59 Å². The molecule has 1 amide bonds. The molecular weight excluding hydrogens is 298 g/mol. The average molecular weight is 313 g/mol. The minimum atomic E-state index is -1.35. The molecule has 0 aliphatic carbocycles. The van der Waals surface area contributed by atoms with Gasteiger partial charge in [-0.15, -0.1) is 0 Å². The van der Waals surface area contributed by atoms with Crippen LogP contribution in [-0.2, 0) is 28.7 Å². The molecule has 1 aliphatic heterocycles. The van der Waals surface area contributed by atoms with Crippen molar-refractivity contribution in [3.05, 3.63) is 11.1 Å². The molecule has 3 N–H and O–H groups in total. The zero-order chi connectivity index (χ0) is 16.9. The van der Waals surface area contributed by atoms with E-state index in [-0.39, 0.29) is 30.4 Å². The highest BCUT2D eigenvalue weighted by Gasteiger charge is 2.30. The summed E-state index contributed by atoms with van der Waals surface area (Å²) in [5.41, 5.74) is 0.205. The van der Waals surface area contributed by atoms with Crippen LogP contribution in [0.25, 0.3) is 0 Å². The molecule has 9 heteroatoms. The third-order valence-electron chi connectivity index (χ3n) is 3.07. The lowest BCUT2D eigenvalue weighted by Crippen LogP contribution is -2.41. The lowest BCUT2D eigenvalue weighted by Gasteiger charge is -2.13. The van der Waals surface area contributed by atoms with Gasteiger partial charge in [0, 0.05) is 24.0 Å². The standard InChI is InChI=1S/C13H15NO8/c1-6-7(13(21)22-12(6)20)2-4-9(15)14-8(11(18)19)3-5-10(16)17/h8H,2-5H2,1H3,(H,14,15)(H,16,17)(H,18,19). The summed E-state index contributed by atoms with van der Waals surface area (Å²) < 4.78 is 4.36. The SMILES string of the molecule is CC1=C(CCC(=O)NC(CCC(=O)O)C(=O)O)C(=O)OC1=O. The molecule has 0 saturated heterocycles. The number of nitrogens with one attached hydrogen (secondary N) is 1. The van der Waals surface area contributed by atoms with E-state index in [2.05, 4.69) is 10.1 Å². The van der Waals surface area contributed by atoms with E-state index >= 15 is 0 Å². The number of esters is 2. The molecule has 1 atom stereocenters. The van der Waals surface area contributed by atoms with Crippen LogP contribution in [0.15, 0.2) is 11.1 Å². The Bertz CT molecular complexity index is 562. The van der Waals surface area contributed by atoms with Gasteiger partial charge in [0.05, 0.1) is 0 Å². The van der Waals surface area contributed by atoms with Gasteiger partial charge in [0.2, 0.25) is 5.91 Å². The van der Waals surface area contributed by atoms with Gasteiger partial charge in [0.15, 0.2) is 0 Å². The van der Waals surface area contributed by atoms with Crippen LogP contribution in [0.4, 0.5) is 0 Å². The third kappa shape index (κ3) is 4.69. The minimum Gasteiger partial charge on any atom is -0.481 e. The van der Waals surface area contributed by atoms with Crippen molar-refractivity contribution in [2.45, 2.75) is 38.6 Å². The van der Waals surface area contributed by atoms with Crippen LogP contribution in [0, 0.1) is 0 Å². The topological polar surface area (TPSA) is 147 Å². The largest absolute Gasteiger partial charge is 0.481 e. The summed E-state index contributed by atoms with van der Waals surface area (Å²) in [6, 6.07) is -1.32. The highest BCUT2D eigenvalue weighted by Crippen LogP contribution is 2.21. The first-order valence-electron chi connectivity index (χ1n) is 6.42. The summed E-state index contributed by atoms with van der Waals surface area (Å²) in [7, 11) is 0. The summed E-state index contributed by atoms with van der Waals surface area (Å²) in [5, 5.41) is 19.6. The number of ether oxygens (including phenoxy) is 1. The molecule has 22 heavy (non-hydrogen) atoms.